The van der Waals surface area contributed by atoms with Crippen LogP contribution >= 0.6 is 11.6 Å². The average molecular weight is 464 g/mol. The first-order valence-electron chi connectivity index (χ1n) is 9.86. The number of pyridine rings is 1. The second-order valence-corrected chi connectivity index (χ2v) is 7.68. The maximum Gasteiger partial charge on any atom is 0.332 e. The standard InChI is InChI=1S/C23H18ClN5O4/c24-16-7-3-14(4-8-16)12-29-22(32)20-18(2-1-11-26-20)28(23(29)33)13-19(30)27-17-9-5-15(6-10-17)21(25)31/h1-11H,12-13H2,(H2,25,31)(H,27,30). The van der Waals surface area contributed by atoms with E-state index in [1.54, 1.807) is 36.4 Å². The van der Waals surface area contributed by atoms with Crippen LogP contribution in [0.1, 0.15) is 15.9 Å². The van der Waals surface area contributed by atoms with Gasteiger partial charge >= 0.3 is 5.69 Å². The summed E-state index contributed by atoms with van der Waals surface area (Å²) < 4.78 is 2.24. The van der Waals surface area contributed by atoms with Gasteiger partial charge in [0.1, 0.15) is 6.54 Å². The zero-order valence-electron chi connectivity index (χ0n) is 17.2. The Kier molecular flexibility index (Phi) is 6.05. The molecule has 0 aliphatic rings. The Balaban J connectivity index is 1.69. The molecule has 4 rings (SSSR count). The Hall–Kier alpha value is -4.24. The van der Waals surface area contributed by atoms with Gasteiger partial charge in [-0.3, -0.25) is 23.5 Å². The lowest BCUT2D eigenvalue weighted by Crippen LogP contribution is -2.42. The van der Waals surface area contributed by atoms with E-state index in [2.05, 4.69) is 10.3 Å². The lowest BCUT2D eigenvalue weighted by atomic mass is 10.2. The van der Waals surface area contributed by atoms with Crippen molar-refractivity contribution in [1.29, 1.82) is 0 Å². The van der Waals surface area contributed by atoms with Crippen molar-refractivity contribution >= 4 is 40.1 Å². The van der Waals surface area contributed by atoms with E-state index in [1.807, 2.05) is 0 Å². The van der Waals surface area contributed by atoms with Gasteiger partial charge in [-0.15, -0.1) is 0 Å². The number of carbonyl (C=O) groups is 2. The van der Waals surface area contributed by atoms with Crippen LogP contribution in [0.25, 0.3) is 11.0 Å². The lowest BCUT2D eigenvalue weighted by molar-refractivity contribution is -0.116. The molecule has 3 N–H and O–H groups in total. The molecule has 0 atom stereocenters. The molecule has 9 nitrogen and oxygen atoms in total. The molecule has 0 aliphatic carbocycles. The summed E-state index contributed by atoms with van der Waals surface area (Å²) >= 11 is 5.92. The van der Waals surface area contributed by atoms with Crippen LogP contribution in [0.5, 0.6) is 0 Å². The number of aromatic nitrogens is 3. The van der Waals surface area contributed by atoms with Crippen molar-refractivity contribution in [2.24, 2.45) is 5.73 Å². The van der Waals surface area contributed by atoms with Crippen LogP contribution in [-0.2, 0) is 17.9 Å². The normalized spacial score (nSPS) is 10.8. The lowest BCUT2D eigenvalue weighted by Gasteiger charge is -2.14. The third kappa shape index (κ3) is 4.68. The van der Waals surface area contributed by atoms with E-state index in [0.29, 0.717) is 21.8 Å². The van der Waals surface area contributed by atoms with Crippen LogP contribution in [0.2, 0.25) is 5.02 Å². The molecule has 0 unspecified atom stereocenters. The van der Waals surface area contributed by atoms with Gasteiger partial charge in [0.15, 0.2) is 5.52 Å². The van der Waals surface area contributed by atoms with Crippen LogP contribution < -0.4 is 22.3 Å². The average Bonchev–Trinajstić information content (AvgIpc) is 2.81. The number of fused-ring (bicyclic) bond motifs is 1. The minimum absolute atomic E-state index is 0.00243. The van der Waals surface area contributed by atoms with E-state index in [4.69, 9.17) is 17.3 Å². The minimum Gasteiger partial charge on any atom is -0.366 e. The molecule has 33 heavy (non-hydrogen) atoms. The minimum atomic E-state index is -0.644. The van der Waals surface area contributed by atoms with Crippen LogP contribution in [0, 0.1) is 0 Å². The summed E-state index contributed by atoms with van der Waals surface area (Å²) in [5.74, 6) is -1.08. The number of nitrogens with two attached hydrogens (primary N) is 1. The fourth-order valence-electron chi connectivity index (χ4n) is 3.37. The molecule has 166 valence electrons. The second kappa shape index (κ2) is 9.09. The van der Waals surface area contributed by atoms with E-state index in [1.165, 1.54) is 35.0 Å². The second-order valence-electron chi connectivity index (χ2n) is 7.25. The zero-order valence-corrected chi connectivity index (χ0v) is 18.0. The highest BCUT2D eigenvalue weighted by atomic mass is 35.5. The summed E-state index contributed by atoms with van der Waals surface area (Å²) in [5, 5.41) is 3.20. The molecule has 0 saturated carbocycles. The molecular formula is C23H18ClN5O4. The number of hydrogen-bond acceptors (Lipinski definition) is 5. The summed E-state index contributed by atoms with van der Waals surface area (Å²) in [6.45, 7) is -0.350. The highest BCUT2D eigenvalue weighted by molar-refractivity contribution is 6.30. The Morgan fingerprint density at radius 2 is 1.67 bits per heavy atom. The predicted octanol–water partition coefficient (Wildman–Crippen LogP) is 2.00. The number of nitrogens with zero attached hydrogens (tertiary/aromatic N) is 3. The van der Waals surface area contributed by atoms with Crippen molar-refractivity contribution in [1.82, 2.24) is 14.1 Å². The molecule has 2 amide bonds. The quantitative estimate of drug-likeness (QED) is 0.451. The van der Waals surface area contributed by atoms with Crippen molar-refractivity contribution < 1.29 is 9.59 Å². The third-order valence-corrected chi connectivity index (χ3v) is 5.25. The molecular weight excluding hydrogens is 446 g/mol. The Morgan fingerprint density at radius 1 is 0.970 bits per heavy atom. The number of halogens is 1. The van der Waals surface area contributed by atoms with E-state index < -0.39 is 23.1 Å². The summed E-state index contributed by atoms with van der Waals surface area (Å²) in [6.07, 6.45) is 1.45. The van der Waals surface area contributed by atoms with Crippen LogP contribution in [-0.4, -0.2) is 25.9 Å². The van der Waals surface area contributed by atoms with Crippen LogP contribution in [0.4, 0.5) is 5.69 Å². The summed E-state index contributed by atoms with van der Waals surface area (Å²) in [7, 11) is 0. The van der Waals surface area contributed by atoms with Crippen LogP contribution in [0.15, 0.2) is 76.4 Å². The van der Waals surface area contributed by atoms with E-state index in [-0.39, 0.29) is 24.1 Å². The van der Waals surface area contributed by atoms with Gasteiger partial charge < -0.3 is 11.1 Å². The van der Waals surface area contributed by atoms with Crippen molar-refractivity contribution in [2.75, 3.05) is 5.32 Å². The number of nitrogens with one attached hydrogen (secondary N) is 1. The monoisotopic (exact) mass is 463 g/mol. The first-order valence-corrected chi connectivity index (χ1v) is 10.2. The van der Waals surface area contributed by atoms with Crippen LogP contribution in [0.3, 0.4) is 0 Å². The first-order chi connectivity index (χ1) is 15.8. The summed E-state index contributed by atoms with van der Waals surface area (Å²) in [4.78, 5) is 54.2. The molecule has 2 aromatic carbocycles. The van der Waals surface area contributed by atoms with E-state index in [9.17, 15) is 19.2 Å². The maximum absolute atomic E-state index is 13.2. The Labute approximate surface area is 192 Å². The number of anilines is 1. The molecule has 2 heterocycles. The van der Waals surface area contributed by atoms with Gasteiger partial charge in [0.05, 0.1) is 12.1 Å². The number of rotatable bonds is 6. The predicted molar refractivity (Wildman–Crippen MR) is 124 cm³/mol. The zero-order chi connectivity index (χ0) is 23.5. The Morgan fingerprint density at radius 3 is 2.33 bits per heavy atom. The number of carbonyl (C=O) groups excluding carboxylic acids is 2. The maximum atomic E-state index is 13.2. The molecule has 2 aromatic heterocycles. The van der Waals surface area contributed by atoms with Crippen molar-refractivity contribution in [2.45, 2.75) is 13.1 Å². The van der Waals surface area contributed by atoms with Gasteiger partial charge in [-0.2, -0.15) is 0 Å². The van der Waals surface area contributed by atoms with Gasteiger partial charge in [-0.25, -0.2) is 9.78 Å². The highest BCUT2D eigenvalue weighted by Gasteiger charge is 2.16. The molecule has 0 radical (unpaired) electrons. The van der Waals surface area contributed by atoms with Crippen molar-refractivity contribution in [3.05, 3.63) is 104 Å². The molecule has 4 aromatic rings. The summed E-state index contributed by atoms with van der Waals surface area (Å²) in [5.41, 5.74) is 5.77. The number of benzene rings is 2. The topological polar surface area (TPSA) is 129 Å². The van der Waals surface area contributed by atoms with E-state index >= 15 is 0 Å². The molecule has 0 fully saturated rings. The van der Waals surface area contributed by atoms with Crippen molar-refractivity contribution in [3.8, 4) is 0 Å². The van der Waals surface area contributed by atoms with Gasteiger partial charge in [-0.05, 0) is 54.1 Å². The van der Waals surface area contributed by atoms with E-state index in [0.717, 1.165) is 4.57 Å². The fourth-order valence-corrected chi connectivity index (χ4v) is 3.50. The number of hydrogen-bond donors (Lipinski definition) is 2. The third-order valence-electron chi connectivity index (χ3n) is 5.00. The molecule has 0 saturated heterocycles. The highest BCUT2D eigenvalue weighted by Crippen LogP contribution is 2.12. The van der Waals surface area contributed by atoms with Crippen molar-refractivity contribution in [3.63, 3.8) is 0 Å². The SMILES string of the molecule is NC(=O)c1ccc(NC(=O)Cn2c(=O)n(Cc3ccc(Cl)cc3)c(=O)c3ncccc32)cc1. The Bertz CT molecular complexity index is 1470. The fraction of sp³-hybridized carbons (Fsp3) is 0.0870. The summed E-state index contributed by atoms with van der Waals surface area (Å²) in [6, 6.07) is 15.9. The number of amides is 2. The largest absolute Gasteiger partial charge is 0.366 e. The molecule has 0 aliphatic heterocycles. The van der Waals surface area contributed by atoms with Gasteiger partial charge in [0, 0.05) is 22.5 Å². The molecule has 0 bridgehead atoms. The van der Waals surface area contributed by atoms with Gasteiger partial charge in [0.2, 0.25) is 11.8 Å². The molecule has 0 spiro atoms. The first kappa shape index (κ1) is 22.0. The number of primary amides is 1. The molecule has 10 heteroatoms. The van der Waals surface area contributed by atoms with Gasteiger partial charge in [-0.1, -0.05) is 23.7 Å². The smallest absolute Gasteiger partial charge is 0.332 e. The van der Waals surface area contributed by atoms with Gasteiger partial charge in [0.25, 0.3) is 5.56 Å².